The topological polar surface area (TPSA) is 49.4 Å². The van der Waals surface area contributed by atoms with E-state index in [0.717, 1.165) is 6.42 Å². The smallest absolute Gasteiger partial charge is 0.234 e. The molecule has 1 aromatic carbocycles. The standard InChI is InChI=1S/C17H26N2O2/c1-5-14-8-10-15(11-9-14)17(21)13(4)19(7-3)12-16(20)18-6-2/h8-11,13H,5-7,12H2,1-4H3,(H,18,20). The number of carbonyl (C=O) groups excluding carboxylic acids is 2. The van der Waals surface area contributed by atoms with E-state index in [-0.39, 0.29) is 24.3 Å². The number of nitrogens with zero attached hydrogens (tertiary/aromatic N) is 1. The predicted octanol–water partition coefficient (Wildman–Crippen LogP) is 2.28. The number of rotatable bonds is 8. The quantitative estimate of drug-likeness (QED) is 0.747. The van der Waals surface area contributed by atoms with Gasteiger partial charge in [0.25, 0.3) is 0 Å². The number of Topliss-reactive ketones (excluding diaryl/α,β-unsaturated/α-hetero) is 1. The molecule has 116 valence electrons. The van der Waals surface area contributed by atoms with Crippen LogP contribution in [0.2, 0.25) is 0 Å². The average molecular weight is 290 g/mol. The molecular formula is C17H26N2O2. The maximum absolute atomic E-state index is 12.5. The molecule has 0 saturated carbocycles. The van der Waals surface area contributed by atoms with E-state index in [9.17, 15) is 9.59 Å². The van der Waals surface area contributed by atoms with Crippen molar-refractivity contribution >= 4 is 11.7 Å². The van der Waals surface area contributed by atoms with Crippen molar-refractivity contribution in [3.05, 3.63) is 35.4 Å². The van der Waals surface area contributed by atoms with Crippen LogP contribution in [0.4, 0.5) is 0 Å². The average Bonchev–Trinajstić information content (AvgIpc) is 2.51. The van der Waals surface area contributed by atoms with Crippen LogP contribution in [-0.4, -0.2) is 42.3 Å². The molecule has 1 unspecified atom stereocenters. The van der Waals surface area contributed by atoms with Crippen LogP contribution in [0.3, 0.4) is 0 Å². The summed E-state index contributed by atoms with van der Waals surface area (Å²) in [7, 11) is 0. The first-order chi connectivity index (χ1) is 10.0. The van der Waals surface area contributed by atoms with Crippen molar-refractivity contribution in [1.82, 2.24) is 10.2 Å². The van der Waals surface area contributed by atoms with Gasteiger partial charge < -0.3 is 5.32 Å². The summed E-state index contributed by atoms with van der Waals surface area (Å²) in [6.07, 6.45) is 0.961. The minimum absolute atomic E-state index is 0.0414. The second-order valence-electron chi connectivity index (χ2n) is 5.11. The van der Waals surface area contributed by atoms with Crippen molar-refractivity contribution in [3.63, 3.8) is 0 Å². The summed E-state index contributed by atoms with van der Waals surface area (Å²) in [6, 6.07) is 7.42. The van der Waals surface area contributed by atoms with Gasteiger partial charge in [-0.3, -0.25) is 14.5 Å². The fraction of sp³-hybridized carbons (Fsp3) is 0.529. The van der Waals surface area contributed by atoms with Gasteiger partial charge in [-0.15, -0.1) is 0 Å². The van der Waals surface area contributed by atoms with Gasteiger partial charge >= 0.3 is 0 Å². The highest BCUT2D eigenvalue weighted by Crippen LogP contribution is 2.11. The lowest BCUT2D eigenvalue weighted by Crippen LogP contribution is -2.45. The highest BCUT2D eigenvalue weighted by Gasteiger charge is 2.22. The van der Waals surface area contributed by atoms with Gasteiger partial charge in [-0.25, -0.2) is 0 Å². The van der Waals surface area contributed by atoms with Crippen LogP contribution in [0.25, 0.3) is 0 Å². The van der Waals surface area contributed by atoms with Gasteiger partial charge in [-0.2, -0.15) is 0 Å². The van der Waals surface area contributed by atoms with Crippen LogP contribution in [-0.2, 0) is 11.2 Å². The van der Waals surface area contributed by atoms with Crippen molar-refractivity contribution in [2.75, 3.05) is 19.6 Å². The Morgan fingerprint density at radius 2 is 1.76 bits per heavy atom. The van der Waals surface area contributed by atoms with Crippen molar-refractivity contribution < 1.29 is 9.59 Å². The van der Waals surface area contributed by atoms with Crippen molar-refractivity contribution in [2.45, 2.75) is 40.2 Å². The van der Waals surface area contributed by atoms with Gasteiger partial charge in [0.15, 0.2) is 5.78 Å². The summed E-state index contributed by atoms with van der Waals surface area (Å²) < 4.78 is 0. The lowest BCUT2D eigenvalue weighted by atomic mass is 10.0. The van der Waals surface area contributed by atoms with E-state index in [2.05, 4.69) is 12.2 Å². The molecule has 1 rings (SSSR count). The number of hydrogen-bond donors (Lipinski definition) is 1. The summed E-state index contributed by atoms with van der Waals surface area (Å²) in [5.74, 6) is 0.0177. The molecule has 0 aromatic heterocycles. The number of benzene rings is 1. The van der Waals surface area contributed by atoms with Crippen LogP contribution >= 0.6 is 0 Å². The van der Waals surface area contributed by atoms with Gasteiger partial charge in [-0.1, -0.05) is 38.1 Å². The van der Waals surface area contributed by atoms with Crippen LogP contribution in [0.1, 0.15) is 43.6 Å². The first-order valence-electron chi connectivity index (χ1n) is 7.67. The SMILES string of the molecule is CCNC(=O)CN(CC)C(C)C(=O)c1ccc(CC)cc1. The second-order valence-corrected chi connectivity index (χ2v) is 5.11. The zero-order chi connectivity index (χ0) is 15.8. The number of nitrogens with one attached hydrogen (secondary N) is 1. The molecule has 1 atom stereocenters. The third kappa shape index (κ3) is 4.97. The van der Waals surface area contributed by atoms with Crippen molar-refractivity contribution in [1.29, 1.82) is 0 Å². The minimum Gasteiger partial charge on any atom is -0.355 e. The largest absolute Gasteiger partial charge is 0.355 e. The monoisotopic (exact) mass is 290 g/mol. The molecule has 0 radical (unpaired) electrons. The van der Waals surface area contributed by atoms with Gasteiger partial charge in [-0.05, 0) is 32.4 Å². The Kier molecular flexibility index (Phi) is 7.09. The molecule has 1 N–H and O–H groups in total. The predicted molar refractivity (Wildman–Crippen MR) is 85.5 cm³/mol. The molecule has 0 saturated heterocycles. The highest BCUT2D eigenvalue weighted by atomic mass is 16.2. The lowest BCUT2D eigenvalue weighted by Gasteiger charge is -2.26. The zero-order valence-corrected chi connectivity index (χ0v) is 13.5. The van der Waals surface area contributed by atoms with E-state index >= 15 is 0 Å². The summed E-state index contributed by atoms with van der Waals surface area (Å²) in [6.45, 7) is 9.32. The lowest BCUT2D eigenvalue weighted by molar-refractivity contribution is -0.122. The summed E-state index contributed by atoms with van der Waals surface area (Å²) in [5.41, 5.74) is 1.92. The van der Waals surface area contributed by atoms with Crippen LogP contribution in [0, 0.1) is 0 Å². The number of ketones is 1. The van der Waals surface area contributed by atoms with E-state index in [4.69, 9.17) is 0 Å². The fourth-order valence-corrected chi connectivity index (χ4v) is 2.27. The summed E-state index contributed by atoms with van der Waals surface area (Å²) >= 11 is 0. The number of likely N-dealkylation sites (N-methyl/N-ethyl adjacent to an activating group) is 2. The normalized spacial score (nSPS) is 12.2. The molecule has 0 heterocycles. The molecule has 1 aromatic rings. The zero-order valence-electron chi connectivity index (χ0n) is 13.5. The van der Waals surface area contributed by atoms with Crippen LogP contribution in [0.5, 0.6) is 0 Å². The third-order valence-electron chi connectivity index (χ3n) is 3.70. The Labute approximate surface area is 127 Å². The Morgan fingerprint density at radius 1 is 1.14 bits per heavy atom. The van der Waals surface area contributed by atoms with Crippen LogP contribution in [0.15, 0.2) is 24.3 Å². The van der Waals surface area contributed by atoms with Gasteiger partial charge in [0.05, 0.1) is 12.6 Å². The number of hydrogen-bond acceptors (Lipinski definition) is 3. The molecule has 0 aliphatic carbocycles. The van der Waals surface area contributed by atoms with Crippen molar-refractivity contribution in [2.24, 2.45) is 0 Å². The number of amides is 1. The molecule has 4 nitrogen and oxygen atoms in total. The molecule has 0 aliphatic rings. The summed E-state index contributed by atoms with van der Waals surface area (Å²) in [5, 5.41) is 2.77. The van der Waals surface area contributed by atoms with Gasteiger partial charge in [0, 0.05) is 12.1 Å². The van der Waals surface area contributed by atoms with E-state index in [1.54, 1.807) is 0 Å². The summed E-state index contributed by atoms with van der Waals surface area (Å²) in [4.78, 5) is 26.1. The number of carbonyl (C=O) groups is 2. The van der Waals surface area contributed by atoms with E-state index in [1.165, 1.54) is 5.56 Å². The van der Waals surface area contributed by atoms with Crippen molar-refractivity contribution in [3.8, 4) is 0 Å². The Morgan fingerprint density at radius 3 is 2.24 bits per heavy atom. The van der Waals surface area contributed by atoms with E-state index < -0.39 is 0 Å². The van der Waals surface area contributed by atoms with E-state index in [0.29, 0.717) is 18.7 Å². The molecule has 1 amide bonds. The third-order valence-corrected chi connectivity index (χ3v) is 3.70. The maximum Gasteiger partial charge on any atom is 0.234 e. The van der Waals surface area contributed by atoms with E-state index in [1.807, 2.05) is 49.9 Å². The maximum atomic E-state index is 12.5. The molecule has 21 heavy (non-hydrogen) atoms. The first-order valence-corrected chi connectivity index (χ1v) is 7.67. The molecule has 0 aliphatic heterocycles. The van der Waals surface area contributed by atoms with Crippen LogP contribution < -0.4 is 5.32 Å². The molecule has 4 heteroatoms. The van der Waals surface area contributed by atoms with Gasteiger partial charge in [0.1, 0.15) is 0 Å². The first kappa shape index (κ1) is 17.4. The van der Waals surface area contributed by atoms with Gasteiger partial charge in [0.2, 0.25) is 5.91 Å². The molecule has 0 spiro atoms. The Hall–Kier alpha value is -1.68. The number of aryl methyl sites for hydroxylation is 1. The molecule has 0 bridgehead atoms. The Balaban J connectivity index is 2.75. The fourth-order valence-electron chi connectivity index (χ4n) is 2.27. The molecule has 0 fully saturated rings. The minimum atomic E-state index is -0.301. The Bertz CT molecular complexity index is 468. The highest BCUT2D eigenvalue weighted by molar-refractivity contribution is 6.00. The second kappa shape index (κ2) is 8.57. The molecular weight excluding hydrogens is 264 g/mol.